The Morgan fingerprint density at radius 2 is 1.71 bits per heavy atom. The first-order chi connectivity index (χ1) is 14.8. The van der Waals surface area contributed by atoms with Crippen LogP contribution in [0.4, 0.5) is 5.69 Å². The number of hydrogen-bond acceptors (Lipinski definition) is 5. The topological polar surface area (TPSA) is 84.5 Å². The number of carbonyl (C=O) groups excluding carboxylic acids is 1. The highest BCUT2D eigenvalue weighted by atomic mass is 79.9. The summed E-state index contributed by atoms with van der Waals surface area (Å²) in [5.41, 5.74) is 2.93. The Balaban J connectivity index is 2.03. The molecule has 0 amide bonds. The van der Waals surface area contributed by atoms with Crippen molar-refractivity contribution in [2.75, 3.05) is 18.4 Å². The van der Waals surface area contributed by atoms with E-state index in [1.165, 1.54) is 7.11 Å². The molecule has 0 aromatic heterocycles. The van der Waals surface area contributed by atoms with Gasteiger partial charge in [-0.3, -0.25) is 14.8 Å². The first-order valence-corrected chi connectivity index (χ1v) is 11.8. The van der Waals surface area contributed by atoms with Gasteiger partial charge < -0.3 is 4.74 Å². The first-order valence-electron chi connectivity index (χ1n) is 9.54. The van der Waals surface area contributed by atoms with Crippen LogP contribution in [0.1, 0.15) is 22.7 Å². The summed E-state index contributed by atoms with van der Waals surface area (Å²) >= 11 is 3.47. The standard InChI is InChI=1S/C23H23BrN2O4S/c1-16-8-11-19(12-9-16)31(28,29)26-21-13-10-18(24)14-20(21)23(25-15-22(27)30-2)17-6-4-3-5-7-17/h3-14,23,25-26H,15H2,1-2H3/t23-/m1/s1. The average Bonchev–Trinajstić information content (AvgIpc) is 2.76. The molecule has 0 fully saturated rings. The van der Waals surface area contributed by atoms with E-state index in [4.69, 9.17) is 4.74 Å². The van der Waals surface area contributed by atoms with Crippen LogP contribution in [0, 0.1) is 6.92 Å². The zero-order chi connectivity index (χ0) is 22.4. The van der Waals surface area contributed by atoms with Crippen molar-refractivity contribution in [3.63, 3.8) is 0 Å². The van der Waals surface area contributed by atoms with Gasteiger partial charge in [0.05, 0.1) is 30.3 Å². The molecular formula is C23H23BrN2O4S. The molecule has 6 nitrogen and oxygen atoms in total. The van der Waals surface area contributed by atoms with Crippen LogP contribution < -0.4 is 10.0 Å². The molecule has 2 N–H and O–H groups in total. The number of sulfonamides is 1. The fraction of sp³-hybridized carbons (Fsp3) is 0.174. The van der Waals surface area contributed by atoms with Gasteiger partial charge in [-0.25, -0.2) is 8.42 Å². The van der Waals surface area contributed by atoms with Crippen LogP contribution in [-0.2, 0) is 19.6 Å². The van der Waals surface area contributed by atoms with E-state index in [1.807, 2.05) is 43.3 Å². The zero-order valence-corrected chi connectivity index (χ0v) is 19.5. The first kappa shape index (κ1) is 23.0. The number of hydrogen-bond donors (Lipinski definition) is 2. The monoisotopic (exact) mass is 502 g/mol. The molecule has 3 aromatic rings. The summed E-state index contributed by atoms with van der Waals surface area (Å²) in [5, 5.41) is 3.17. The molecule has 8 heteroatoms. The molecule has 31 heavy (non-hydrogen) atoms. The van der Waals surface area contributed by atoms with Crippen molar-refractivity contribution in [3.8, 4) is 0 Å². The number of aryl methyl sites for hydroxylation is 1. The molecule has 0 saturated carbocycles. The Morgan fingerprint density at radius 1 is 1.03 bits per heavy atom. The third kappa shape index (κ3) is 5.94. The zero-order valence-electron chi connectivity index (χ0n) is 17.1. The van der Waals surface area contributed by atoms with Crippen molar-refractivity contribution in [1.82, 2.24) is 5.32 Å². The molecule has 0 spiro atoms. The Hall–Kier alpha value is -2.68. The highest BCUT2D eigenvalue weighted by Crippen LogP contribution is 2.32. The molecule has 3 rings (SSSR count). The van der Waals surface area contributed by atoms with Crippen LogP contribution in [0.5, 0.6) is 0 Å². The highest BCUT2D eigenvalue weighted by Gasteiger charge is 2.22. The lowest BCUT2D eigenvalue weighted by atomic mass is 9.97. The van der Waals surface area contributed by atoms with Gasteiger partial charge in [-0.05, 0) is 48.4 Å². The van der Waals surface area contributed by atoms with Gasteiger partial charge in [0.15, 0.2) is 0 Å². The molecule has 0 unspecified atom stereocenters. The second-order valence-electron chi connectivity index (χ2n) is 6.95. The predicted molar refractivity (Wildman–Crippen MR) is 124 cm³/mol. The molecule has 3 aromatic carbocycles. The Bertz CT molecular complexity index is 1150. The maximum atomic E-state index is 13.0. The number of halogens is 1. The van der Waals surface area contributed by atoms with Gasteiger partial charge >= 0.3 is 5.97 Å². The maximum Gasteiger partial charge on any atom is 0.319 e. The number of carbonyl (C=O) groups is 1. The van der Waals surface area contributed by atoms with Crippen molar-refractivity contribution in [1.29, 1.82) is 0 Å². The van der Waals surface area contributed by atoms with Gasteiger partial charge in [0.1, 0.15) is 0 Å². The number of esters is 1. The lowest BCUT2D eigenvalue weighted by Crippen LogP contribution is -2.30. The third-order valence-corrected chi connectivity index (χ3v) is 6.59. The smallest absolute Gasteiger partial charge is 0.319 e. The number of methoxy groups -OCH3 is 1. The van der Waals surface area contributed by atoms with Gasteiger partial charge in [-0.15, -0.1) is 0 Å². The van der Waals surface area contributed by atoms with Crippen molar-refractivity contribution in [2.45, 2.75) is 17.9 Å². The Kier molecular flexibility index (Phi) is 7.48. The third-order valence-electron chi connectivity index (χ3n) is 4.71. The van der Waals surface area contributed by atoms with Crippen LogP contribution in [-0.4, -0.2) is 28.0 Å². The number of rotatable bonds is 8. The van der Waals surface area contributed by atoms with Gasteiger partial charge in [0.2, 0.25) is 0 Å². The number of anilines is 1. The van der Waals surface area contributed by atoms with Gasteiger partial charge in [-0.1, -0.05) is 64.0 Å². The number of ether oxygens (including phenoxy) is 1. The van der Waals surface area contributed by atoms with Crippen molar-refractivity contribution in [2.24, 2.45) is 0 Å². The van der Waals surface area contributed by atoms with Crippen LogP contribution in [0.2, 0.25) is 0 Å². The Morgan fingerprint density at radius 3 is 2.35 bits per heavy atom. The van der Waals surface area contributed by atoms with Crippen LogP contribution in [0.3, 0.4) is 0 Å². The maximum absolute atomic E-state index is 13.0. The largest absolute Gasteiger partial charge is 0.468 e. The second-order valence-corrected chi connectivity index (χ2v) is 9.55. The molecule has 0 saturated heterocycles. The van der Waals surface area contributed by atoms with E-state index < -0.39 is 22.0 Å². The highest BCUT2D eigenvalue weighted by molar-refractivity contribution is 9.10. The minimum atomic E-state index is -3.80. The van der Waals surface area contributed by atoms with E-state index in [9.17, 15) is 13.2 Å². The molecule has 0 bridgehead atoms. The summed E-state index contributed by atoms with van der Waals surface area (Å²) in [6.45, 7) is 1.86. The predicted octanol–water partition coefficient (Wildman–Crippen LogP) is 4.41. The van der Waals surface area contributed by atoms with Gasteiger partial charge in [-0.2, -0.15) is 0 Å². The van der Waals surface area contributed by atoms with Crippen molar-refractivity contribution >= 4 is 37.6 Å². The molecule has 162 valence electrons. The lowest BCUT2D eigenvalue weighted by Gasteiger charge is -2.23. The molecule has 0 heterocycles. The van der Waals surface area contributed by atoms with Crippen LogP contribution in [0.15, 0.2) is 82.2 Å². The van der Waals surface area contributed by atoms with E-state index in [-0.39, 0.29) is 11.4 Å². The second kappa shape index (κ2) is 10.1. The quantitative estimate of drug-likeness (QED) is 0.445. The molecule has 1 atom stereocenters. The number of benzene rings is 3. The Labute approximate surface area is 190 Å². The van der Waals surface area contributed by atoms with Crippen molar-refractivity contribution in [3.05, 3.63) is 94.0 Å². The number of nitrogens with one attached hydrogen (secondary N) is 2. The molecule has 0 aliphatic carbocycles. The van der Waals surface area contributed by atoms with Crippen LogP contribution in [0.25, 0.3) is 0 Å². The molecule has 0 radical (unpaired) electrons. The lowest BCUT2D eigenvalue weighted by molar-refractivity contribution is -0.139. The summed E-state index contributed by atoms with van der Waals surface area (Å²) in [4.78, 5) is 11.9. The summed E-state index contributed by atoms with van der Waals surface area (Å²) in [5.74, 6) is -0.419. The minimum absolute atomic E-state index is 0.0350. The van der Waals surface area contributed by atoms with E-state index >= 15 is 0 Å². The van der Waals surface area contributed by atoms with E-state index in [2.05, 4.69) is 26.0 Å². The fourth-order valence-corrected chi connectivity index (χ4v) is 4.56. The van der Waals surface area contributed by atoms with E-state index in [0.717, 1.165) is 15.6 Å². The van der Waals surface area contributed by atoms with Gasteiger partial charge in [0.25, 0.3) is 10.0 Å². The molecule has 0 aliphatic rings. The molecule has 0 aliphatic heterocycles. The van der Waals surface area contributed by atoms with E-state index in [1.54, 1.807) is 36.4 Å². The normalized spacial score (nSPS) is 12.2. The van der Waals surface area contributed by atoms with Crippen LogP contribution >= 0.6 is 15.9 Å². The van der Waals surface area contributed by atoms with Gasteiger partial charge in [0, 0.05) is 4.47 Å². The average molecular weight is 503 g/mol. The van der Waals surface area contributed by atoms with E-state index in [0.29, 0.717) is 11.3 Å². The fourth-order valence-electron chi connectivity index (χ4n) is 3.10. The molecular weight excluding hydrogens is 480 g/mol. The minimum Gasteiger partial charge on any atom is -0.468 e. The SMILES string of the molecule is COC(=O)CN[C@H](c1ccccc1)c1cc(Br)ccc1NS(=O)(=O)c1ccc(C)cc1. The summed E-state index contributed by atoms with van der Waals surface area (Å²) in [6.07, 6.45) is 0. The summed E-state index contributed by atoms with van der Waals surface area (Å²) < 4.78 is 34.2. The van der Waals surface area contributed by atoms with Crippen molar-refractivity contribution < 1.29 is 17.9 Å². The summed E-state index contributed by atoms with van der Waals surface area (Å²) in [7, 11) is -2.48. The summed E-state index contributed by atoms with van der Waals surface area (Å²) in [6, 6.07) is 21.0.